The van der Waals surface area contributed by atoms with Gasteiger partial charge in [0, 0.05) is 13.1 Å². The van der Waals surface area contributed by atoms with E-state index in [0.29, 0.717) is 0 Å². The quantitative estimate of drug-likeness (QED) is 0.597. The number of phosphoric acid groups is 1. The second-order valence-electron chi connectivity index (χ2n) is 6.25. The van der Waals surface area contributed by atoms with Crippen LogP contribution in [0.1, 0.15) is 41.5 Å². The van der Waals surface area contributed by atoms with E-state index in [1.54, 1.807) is 7.05 Å². The molecule has 6 heteroatoms. The molecule has 0 radical (unpaired) electrons. The van der Waals surface area contributed by atoms with Crippen molar-refractivity contribution in [2.45, 2.75) is 47.6 Å². The summed E-state index contributed by atoms with van der Waals surface area (Å²) in [6, 6.07) is -0.118. The van der Waals surface area contributed by atoms with Gasteiger partial charge in [-0.05, 0) is 10.8 Å². The van der Waals surface area contributed by atoms with Crippen LogP contribution in [-0.2, 0) is 9.19 Å². The third-order valence-electron chi connectivity index (χ3n) is 2.24. The Morgan fingerprint density at radius 1 is 1.06 bits per heavy atom. The fourth-order valence-electron chi connectivity index (χ4n) is 2.60. The van der Waals surface area contributed by atoms with E-state index in [1.165, 1.54) is 5.06 Å². The fraction of sp³-hybridized carbons (Fsp3) is 1.00. The predicted molar refractivity (Wildman–Crippen MR) is 63.6 cm³/mol. The topological polar surface area (TPSA) is 70.0 Å². The second-order valence-corrected chi connectivity index (χ2v) is 7.40. The maximum atomic E-state index is 10.8. The second kappa shape index (κ2) is 4.75. The highest BCUT2D eigenvalue weighted by Gasteiger charge is 2.40. The first-order valence-corrected chi connectivity index (χ1v) is 6.76. The number of hydrogen-bond donors (Lipinski definition) is 2. The van der Waals surface area contributed by atoms with E-state index in [0.717, 1.165) is 0 Å². The van der Waals surface area contributed by atoms with Crippen LogP contribution in [0.3, 0.4) is 0 Å². The van der Waals surface area contributed by atoms with Crippen LogP contribution in [0.4, 0.5) is 0 Å². The molecule has 0 aliphatic rings. The molecule has 0 aliphatic carbocycles. The molecule has 0 heterocycles. The molecule has 16 heavy (non-hydrogen) atoms. The average molecular weight is 253 g/mol. The van der Waals surface area contributed by atoms with Crippen molar-refractivity contribution < 1.29 is 19.0 Å². The van der Waals surface area contributed by atoms with E-state index >= 15 is 0 Å². The highest BCUT2D eigenvalue weighted by atomic mass is 31.2. The minimum atomic E-state index is -4.49. The van der Waals surface area contributed by atoms with Crippen molar-refractivity contribution in [1.82, 2.24) is 5.06 Å². The molecule has 0 rings (SSSR count). The van der Waals surface area contributed by atoms with Gasteiger partial charge in [-0.25, -0.2) is 4.57 Å². The molecule has 0 fully saturated rings. The van der Waals surface area contributed by atoms with E-state index < -0.39 is 7.82 Å². The number of hydroxylamine groups is 2. The molecular formula is C10H24NO4P. The van der Waals surface area contributed by atoms with Crippen LogP contribution in [0.25, 0.3) is 0 Å². The fourth-order valence-corrected chi connectivity index (χ4v) is 3.03. The molecule has 0 amide bonds. The van der Waals surface area contributed by atoms with Crippen LogP contribution in [-0.4, -0.2) is 27.9 Å². The van der Waals surface area contributed by atoms with Gasteiger partial charge < -0.3 is 9.79 Å². The van der Waals surface area contributed by atoms with Gasteiger partial charge in [-0.1, -0.05) is 41.5 Å². The summed E-state index contributed by atoms with van der Waals surface area (Å²) in [6.45, 7) is 12.1. The number of rotatable bonds is 3. The van der Waals surface area contributed by atoms with Crippen LogP contribution in [0.15, 0.2) is 0 Å². The Kier molecular flexibility index (Phi) is 4.77. The summed E-state index contributed by atoms with van der Waals surface area (Å²) < 4.78 is 15.5. The van der Waals surface area contributed by atoms with Crippen LogP contribution in [0, 0.1) is 10.8 Å². The Bertz CT molecular complexity index is 260. The molecule has 0 aromatic rings. The van der Waals surface area contributed by atoms with Crippen molar-refractivity contribution >= 4 is 7.82 Å². The van der Waals surface area contributed by atoms with Crippen molar-refractivity contribution in [3.05, 3.63) is 0 Å². The summed E-state index contributed by atoms with van der Waals surface area (Å²) in [5.41, 5.74) is -0.301. The Balaban J connectivity index is 5.01. The van der Waals surface area contributed by atoms with E-state index in [1.807, 2.05) is 41.5 Å². The van der Waals surface area contributed by atoms with Crippen molar-refractivity contribution in [3.63, 3.8) is 0 Å². The van der Waals surface area contributed by atoms with E-state index in [-0.39, 0.29) is 16.9 Å². The van der Waals surface area contributed by atoms with Crippen molar-refractivity contribution in [3.8, 4) is 0 Å². The van der Waals surface area contributed by atoms with Crippen LogP contribution in [0.5, 0.6) is 0 Å². The average Bonchev–Trinajstić information content (AvgIpc) is 1.70. The van der Waals surface area contributed by atoms with E-state index in [4.69, 9.17) is 9.79 Å². The van der Waals surface area contributed by atoms with E-state index in [9.17, 15) is 4.57 Å². The summed E-state index contributed by atoms with van der Waals surface area (Å²) in [7, 11) is -2.93. The SMILES string of the molecule is CN(OP(=O)(O)O)C(C(C)(C)C)C(C)(C)C. The zero-order chi connectivity index (χ0) is 13.4. The zero-order valence-electron chi connectivity index (χ0n) is 11.2. The Hall–Kier alpha value is 0.0700. The Morgan fingerprint density at radius 3 is 1.56 bits per heavy atom. The molecule has 2 N–H and O–H groups in total. The largest absolute Gasteiger partial charge is 0.486 e. The first kappa shape index (κ1) is 16.1. The lowest BCUT2D eigenvalue weighted by Crippen LogP contribution is -2.49. The monoisotopic (exact) mass is 253 g/mol. The first-order chi connectivity index (χ1) is 6.75. The van der Waals surface area contributed by atoms with E-state index in [2.05, 4.69) is 4.62 Å². The van der Waals surface area contributed by atoms with Gasteiger partial charge in [0.15, 0.2) is 0 Å². The smallest absolute Gasteiger partial charge is 0.302 e. The Labute approximate surface area is 98.0 Å². The summed E-state index contributed by atoms with van der Waals surface area (Å²) >= 11 is 0. The van der Waals surface area contributed by atoms with Crippen molar-refractivity contribution in [2.24, 2.45) is 10.8 Å². The lowest BCUT2D eigenvalue weighted by Gasteiger charge is -2.45. The van der Waals surface area contributed by atoms with Gasteiger partial charge in [-0.2, -0.15) is 9.69 Å². The van der Waals surface area contributed by atoms with Gasteiger partial charge in [0.25, 0.3) is 0 Å². The van der Waals surface area contributed by atoms with Gasteiger partial charge in [0.05, 0.1) is 0 Å². The van der Waals surface area contributed by atoms with Gasteiger partial charge in [-0.3, -0.25) is 0 Å². The van der Waals surface area contributed by atoms with Crippen molar-refractivity contribution in [1.29, 1.82) is 0 Å². The highest BCUT2D eigenvalue weighted by molar-refractivity contribution is 7.46. The first-order valence-electron chi connectivity index (χ1n) is 5.23. The van der Waals surface area contributed by atoms with Gasteiger partial charge in [0.1, 0.15) is 0 Å². The minimum absolute atomic E-state index is 0.118. The van der Waals surface area contributed by atoms with Gasteiger partial charge in [0.2, 0.25) is 0 Å². The molecule has 0 saturated heterocycles. The summed E-state index contributed by atoms with van der Waals surface area (Å²) in [5.74, 6) is 0. The molecule has 0 aliphatic heterocycles. The molecule has 0 saturated carbocycles. The summed E-state index contributed by atoms with van der Waals surface area (Å²) in [4.78, 5) is 17.6. The molecule has 0 aromatic carbocycles. The molecular weight excluding hydrogens is 229 g/mol. The predicted octanol–water partition coefficient (Wildman–Crippen LogP) is 2.40. The van der Waals surface area contributed by atoms with Crippen molar-refractivity contribution in [2.75, 3.05) is 7.05 Å². The summed E-state index contributed by atoms with van der Waals surface area (Å²) in [6.07, 6.45) is 0. The highest BCUT2D eigenvalue weighted by Crippen LogP contribution is 2.43. The standard InChI is InChI=1S/C10H24NO4P/c1-9(2,3)8(10(4,5)6)11(7)15-16(12,13)14/h8H,1-7H3,(H2,12,13,14). The molecule has 0 spiro atoms. The normalized spacial score (nSPS) is 14.9. The number of hydrogen-bond acceptors (Lipinski definition) is 3. The lowest BCUT2D eigenvalue weighted by atomic mass is 9.72. The Morgan fingerprint density at radius 2 is 1.38 bits per heavy atom. The molecule has 0 bridgehead atoms. The molecule has 5 nitrogen and oxygen atoms in total. The number of nitrogens with zero attached hydrogens (tertiary/aromatic N) is 1. The summed E-state index contributed by atoms with van der Waals surface area (Å²) in [5, 5.41) is 1.28. The molecule has 0 unspecified atom stereocenters. The van der Waals surface area contributed by atoms with Gasteiger partial charge in [-0.15, -0.1) is 0 Å². The molecule has 0 aromatic heterocycles. The lowest BCUT2D eigenvalue weighted by molar-refractivity contribution is -0.152. The van der Waals surface area contributed by atoms with Crippen LogP contribution in [0.2, 0.25) is 0 Å². The molecule has 98 valence electrons. The maximum absolute atomic E-state index is 10.8. The minimum Gasteiger partial charge on any atom is -0.302 e. The van der Waals surface area contributed by atoms with Crippen LogP contribution < -0.4 is 0 Å². The van der Waals surface area contributed by atoms with Gasteiger partial charge >= 0.3 is 7.82 Å². The third-order valence-corrected chi connectivity index (χ3v) is 2.71. The zero-order valence-corrected chi connectivity index (χ0v) is 12.1. The van der Waals surface area contributed by atoms with Crippen LogP contribution >= 0.6 is 7.82 Å². The third kappa shape index (κ3) is 5.41. The molecule has 0 atom stereocenters. The maximum Gasteiger partial charge on any atom is 0.486 e.